The summed E-state index contributed by atoms with van der Waals surface area (Å²) >= 11 is 11.8. The van der Waals surface area contributed by atoms with E-state index in [1.807, 2.05) is 0 Å². The molecule has 1 aromatic carbocycles. The van der Waals surface area contributed by atoms with Gasteiger partial charge in [-0.3, -0.25) is 0 Å². The molecule has 1 heterocycles. The quantitative estimate of drug-likeness (QED) is 0.801. The molecule has 23 heavy (non-hydrogen) atoms. The molecule has 0 bridgehead atoms. The maximum atomic E-state index is 12.6. The second-order valence-corrected chi connectivity index (χ2v) is 8.13. The van der Waals surface area contributed by atoms with Crippen molar-refractivity contribution in [3.8, 4) is 5.75 Å². The summed E-state index contributed by atoms with van der Waals surface area (Å²) < 4.78 is 30.3. The first-order chi connectivity index (χ1) is 10.8. The molecule has 0 saturated heterocycles. The van der Waals surface area contributed by atoms with E-state index < -0.39 is 15.1 Å². The van der Waals surface area contributed by atoms with E-state index in [-0.39, 0.29) is 21.0 Å². The average Bonchev–Trinajstić information content (AvgIpc) is 2.51. The molecule has 0 aliphatic heterocycles. The number of anilines is 2. The number of aromatic nitrogens is 2. The first-order valence-electron chi connectivity index (χ1n) is 6.62. The number of benzene rings is 1. The van der Waals surface area contributed by atoms with E-state index >= 15 is 0 Å². The molecule has 0 spiro atoms. The molecule has 2 aromatic rings. The first-order valence-corrected chi connectivity index (χ1v) is 8.93. The number of hydrogen-bond acceptors (Lipinski definition) is 6. The van der Waals surface area contributed by atoms with Crippen LogP contribution in [0.2, 0.25) is 10.3 Å². The Morgan fingerprint density at radius 2 is 1.96 bits per heavy atom. The Morgan fingerprint density at radius 1 is 1.26 bits per heavy atom. The number of hydrogen-bond donors (Lipinski definition) is 1. The van der Waals surface area contributed by atoms with Crippen LogP contribution in [0.1, 0.15) is 13.8 Å². The molecule has 0 unspecified atom stereocenters. The lowest BCUT2D eigenvalue weighted by Crippen LogP contribution is -2.16. The third-order valence-corrected chi connectivity index (χ3v) is 5.73. The van der Waals surface area contributed by atoms with Gasteiger partial charge in [-0.1, -0.05) is 11.6 Å². The van der Waals surface area contributed by atoms with Crippen molar-refractivity contribution in [1.29, 1.82) is 0 Å². The molecule has 0 atom stereocenters. The Bertz CT molecular complexity index is 826. The minimum absolute atomic E-state index is 0.00122. The van der Waals surface area contributed by atoms with Gasteiger partial charge in [0, 0.05) is 6.07 Å². The summed E-state index contributed by atoms with van der Waals surface area (Å²) in [6.07, 6.45) is 1.33. The molecular weight excluding hydrogens is 361 g/mol. The van der Waals surface area contributed by atoms with E-state index in [9.17, 15) is 8.42 Å². The molecule has 0 saturated carbocycles. The van der Waals surface area contributed by atoms with E-state index in [1.165, 1.54) is 19.4 Å². The van der Waals surface area contributed by atoms with Crippen molar-refractivity contribution in [2.45, 2.75) is 24.0 Å². The van der Waals surface area contributed by atoms with Crippen molar-refractivity contribution in [2.75, 3.05) is 12.4 Å². The fraction of sp³-hybridized carbons (Fsp3) is 0.286. The van der Waals surface area contributed by atoms with Gasteiger partial charge in [-0.25, -0.2) is 13.4 Å². The summed E-state index contributed by atoms with van der Waals surface area (Å²) in [5.74, 6) is 0.652. The Labute approximate surface area is 144 Å². The van der Waals surface area contributed by atoms with Crippen LogP contribution in [-0.2, 0) is 9.84 Å². The topological polar surface area (TPSA) is 81.2 Å². The number of nitrogens with one attached hydrogen (secondary N) is 1. The van der Waals surface area contributed by atoms with Crippen molar-refractivity contribution in [2.24, 2.45) is 0 Å². The van der Waals surface area contributed by atoms with Crippen molar-refractivity contribution in [1.82, 2.24) is 9.97 Å². The van der Waals surface area contributed by atoms with E-state index in [0.29, 0.717) is 11.4 Å². The molecule has 6 nitrogen and oxygen atoms in total. The van der Waals surface area contributed by atoms with Gasteiger partial charge in [0.25, 0.3) is 0 Å². The average molecular weight is 376 g/mol. The molecule has 0 amide bonds. The van der Waals surface area contributed by atoms with Gasteiger partial charge < -0.3 is 10.1 Å². The van der Waals surface area contributed by atoms with Gasteiger partial charge in [-0.15, -0.1) is 0 Å². The summed E-state index contributed by atoms with van der Waals surface area (Å²) in [7, 11) is -2.08. The second kappa shape index (κ2) is 6.90. The van der Waals surface area contributed by atoms with Gasteiger partial charge in [0.1, 0.15) is 10.8 Å². The molecule has 2 rings (SSSR count). The number of rotatable bonds is 5. The van der Waals surface area contributed by atoms with Gasteiger partial charge in [-0.05, 0) is 37.6 Å². The zero-order chi connectivity index (χ0) is 17.2. The summed E-state index contributed by atoms with van der Waals surface area (Å²) in [6, 6.07) is 4.67. The maximum absolute atomic E-state index is 12.6. The van der Waals surface area contributed by atoms with Gasteiger partial charge in [-0.2, -0.15) is 4.98 Å². The molecule has 0 aliphatic carbocycles. The Morgan fingerprint density at radius 3 is 2.57 bits per heavy atom. The van der Waals surface area contributed by atoms with Crippen molar-refractivity contribution >= 4 is 44.5 Å². The molecule has 9 heteroatoms. The summed E-state index contributed by atoms with van der Waals surface area (Å²) in [5.41, 5.74) is 0.330. The highest BCUT2D eigenvalue weighted by atomic mass is 35.5. The highest BCUT2D eigenvalue weighted by Gasteiger charge is 2.24. The van der Waals surface area contributed by atoms with Gasteiger partial charge >= 0.3 is 0 Å². The summed E-state index contributed by atoms with van der Waals surface area (Å²) in [5, 5.41) is 2.51. The zero-order valence-electron chi connectivity index (χ0n) is 12.7. The molecule has 1 aromatic heterocycles. The molecule has 1 N–H and O–H groups in total. The summed E-state index contributed by atoms with van der Waals surface area (Å²) in [4.78, 5) is 7.81. The van der Waals surface area contributed by atoms with Crippen LogP contribution in [0.3, 0.4) is 0 Å². The minimum Gasteiger partial charge on any atom is -0.497 e. The van der Waals surface area contributed by atoms with Crippen LogP contribution in [0.5, 0.6) is 5.75 Å². The molecule has 0 aliphatic rings. The van der Waals surface area contributed by atoms with Crippen molar-refractivity contribution < 1.29 is 13.2 Å². The van der Waals surface area contributed by atoms with Gasteiger partial charge in [0.2, 0.25) is 5.28 Å². The van der Waals surface area contributed by atoms with Crippen LogP contribution < -0.4 is 10.1 Å². The van der Waals surface area contributed by atoms with Crippen molar-refractivity contribution in [3.05, 3.63) is 34.7 Å². The summed E-state index contributed by atoms with van der Waals surface area (Å²) in [6.45, 7) is 3.21. The standard InChI is InChI=1S/C14H15Cl2N3O3S/c1-8(2)23(20,21)12-6-9(22-3)4-5-11(12)18-13-10(15)7-17-14(16)19-13/h4-8H,1-3H3,(H,17,18,19). The van der Waals surface area contributed by atoms with E-state index in [1.54, 1.807) is 26.0 Å². The van der Waals surface area contributed by atoms with Crippen LogP contribution in [0.15, 0.2) is 29.3 Å². The smallest absolute Gasteiger partial charge is 0.224 e. The molecule has 0 radical (unpaired) electrons. The Kier molecular flexibility index (Phi) is 5.33. The third-order valence-electron chi connectivity index (χ3n) is 3.08. The highest BCUT2D eigenvalue weighted by molar-refractivity contribution is 7.92. The predicted octanol–water partition coefficient (Wildman–Crippen LogP) is 3.72. The number of sulfone groups is 1. The monoisotopic (exact) mass is 375 g/mol. The number of ether oxygens (including phenoxy) is 1. The number of methoxy groups -OCH3 is 1. The van der Waals surface area contributed by atoms with E-state index in [2.05, 4.69) is 15.3 Å². The predicted molar refractivity (Wildman–Crippen MR) is 90.7 cm³/mol. The highest BCUT2D eigenvalue weighted by Crippen LogP contribution is 2.32. The van der Waals surface area contributed by atoms with Crippen LogP contribution in [0.25, 0.3) is 0 Å². The fourth-order valence-electron chi connectivity index (χ4n) is 1.78. The SMILES string of the molecule is COc1ccc(Nc2nc(Cl)ncc2Cl)c(S(=O)(=O)C(C)C)c1. The third kappa shape index (κ3) is 3.85. The first kappa shape index (κ1) is 17.8. The van der Waals surface area contributed by atoms with Crippen LogP contribution in [-0.4, -0.2) is 30.7 Å². The largest absolute Gasteiger partial charge is 0.497 e. The second-order valence-electron chi connectivity index (χ2n) is 4.92. The maximum Gasteiger partial charge on any atom is 0.224 e. The Hall–Kier alpha value is -1.57. The molecule has 0 fully saturated rings. The molecule has 124 valence electrons. The van der Waals surface area contributed by atoms with Crippen molar-refractivity contribution in [3.63, 3.8) is 0 Å². The van der Waals surface area contributed by atoms with Gasteiger partial charge in [0.15, 0.2) is 15.7 Å². The minimum atomic E-state index is -3.55. The van der Waals surface area contributed by atoms with E-state index in [0.717, 1.165) is 0 Å². The normalized spacial score (nSPS) is 11.6. The van der Waals surface area contributed by atoms with Gasteiger partial charge in [0.05, 0.1) is 29.1 Å². The number of halogens is 2. The lowest BCUT2D eigenvalue weighted by atomic mass is 10.3. The van der Waals surface area contributed by atoms with E-state index in [4.69, 9.17) is 27.9 Å². The fourth-order valence-corrected chi connectivity index (χ4v) is 3.27. The van der Waals surface area contributed by atoms with Crippen LogP contribution >= 0.6 is 23.2 Å². The number of nitrogens with zero attached hydrogens (tertiary/aromatic N) is 2. The Balaban J connectivity index is 2.56. The lowest BCUT2D eigenvalue weighted by Gasteiger charge is -2.16. The lowest BCUT2D eigenvalue weighted by molar-refractivity contribution is 0.413. The van der Waals surface area contributed by atoms with Crippen LogP contribution in [0.4, 0.5) is 11.5 Å². The zero-order valence-corrected chi connectivity index (χ0v) is 15.0. The van der Waals surface area contributed by atoms with Crippen LogP contribution in [0, 0.1) is 0 Å². The molecular formula is C14H15Cl2N3O3S.